The largest absolute Gasteiger partial charge is 0.379 e. The fourth-order valence-corrected chi connectivity index (χ4v) is 2.72. The highest BCUT2D eigenvalue weighted by molar-refractivity contribution is 5.54. The first-order valence-corrected chi connectivity index (χ1v) is 6.76. The zero-order valence-corrected chi connectivity index (χ0v) is 11.6. The van der Waals surface area contributed by atoms with Crippen molar-refractivity contribution in [2.45, 2.75) is 26.0 Å². The van der Waals surface area contributed by atoms with Crippen LogP contribution >= 0.6 is 0 Å². The fraction of sp³-hybridized carbons (Fsp3) is 0.600. The Balaban J connectivity index is 2.16. The van der Waals surface area contributed by atoms with Crippen molar-refractivity contribution < 1.29 is 4.74 Å². The molecule has 1 aliphatic heterocycles. The van der Waals surface area contributed by atoms with E-state index in [0.717, 1.165) is 19.6 Å². The van der Waals surface area contributed by atoms with Crippen molar-refractivity contribution in [2.75, 3.05) is 32.1 Å². The monoisotopic (exact) mass is 248 g/mol. The van der Waals surface area contributed by atoms with Gasteiger partial charge in [0.15, 0.2) is 0 Å². The van der Waals surface area contributed by atoms with Crippen LogP contribution in [-0.2, 0) is 11.3 Å². The van der Waals surface area contributed by atoms with Crippen LogP contribution in [0.15, 0.2) is 24.3 Å². The number of rotatable bonds is 4. The van der Waals surface area contributed by atoms with Crippen LogP contribution in [-0.4, -0.2) is 33.4 Å². The van der Waals surface area contributed by atoms with Crippen LogP contribution < -0.4 is 10.2 Å². The molecule has 2 unspecified atom stereocenters. The zero-order chi connectivity index (χ0) is 13.0. The van der Waals surface area contributed by atoms with Crippen molar-refractivity contribution in [3.8, 4) is 0 Å². The first kappa shape index (κ1) is 13.4. The summed E-state index contributed by atoms with van der Waals surface area (Å²) in [5.74, 6) is 0.655. The molecule has 1 N–H and O–H groups in total. The minimum Gasteiger partial charge on any atom is -0.379 e. The Bertz CT molecular complexity index is 381. The second-order valence-corrected chi connectivity index (χ2v) is 5.15. The van der Waals surface area contributed by atoms with Crippen LogP contribution in [0.25, 0.3) is 0 Å². The van der Waals surface area contributed by atoms with Crippen molar-refractivity contribution in [3.05, 3.63) is 29.8 Å². The van der Waals surface area contributed by atoms with Gasteiger partial charge < -0.3 is 15.0 Å². The van der Waals surface area contributed by atoms with E-state index in [4.69, 9.17) is 4.74 Å². The number of piperidine rings is 1. The summed E-state index contributed by atoms with van der Waals surface area (Å²) in [6.07, 6.45) is 1.55. The molecule has 3 heteroatoms. The Morgan fingerprint density at radius 2 is 2.17 bits per heavy atom. The van der Waals surface area contributed by atoms with E-state index in [0.29, 0.717) is 12.0 Å². The van der Waals surface area contributed by atoms with Gasteiger partial charge in [0.05, 0.1) is 6.10 Å². The van der Waals surface area contributed by atoms with Crippen LogP contribution in [0.5, 0.6) is 0 Å². The van der Waals surface area contributed by atoms with Crippen molar-refractivity contribution in [2.24, 2.45) is 5.92 Å². The predicted octanol–water partition coefficient (Wildman–Crippen LogP) is 2.27. The number of ether oxygens (including phenoxy) is 1. The lowest BCUT2D eigenvalue weighted by Gasteiger charge is -2.38. The second-order valence-electron chi connectivity index (χ2n) is 5.15. The molecule has 1 aliphatic rings. The number of nitrogens with one attached hydrogen (secondary N) is 1. The van der Waals surface area contributed by atoms with Gasteiger partial charge in [-0.1, -0.05) is 25.1 Å². The molecule has 100 valence electrons. The molecule has 1 fully saturated rings. The Morgan fingerprint density at radius 3 is 2.89 bits per heavy atom. The molecule has 18 heavy (non-hydrogen) atoms. The molecular formula is C15H24N2O. The van der Waals surface area contributed by atoms with E-state index < -0.39 is 0 Å². The molecule has 2 rings (SSSR count). The van der Waals surface area contributed by atoms with E-state index in [9.17, 15) is 0 Å². The lowest BCUT2D eigenvalue weighted by atomic mass is 9.95. The average Bonchev–Trinajstić information content (AvgIpc) is 2.40. The van der Waals surface area contributed by atoms with E-state index in [1.54, 1.807) is 0 Å². The Kier molecular flexibility index (Phi) is 4.61. The van der Waals surface area contributed by atoms with Gasteiger partial charge in [0.25, 0.3) is 0 Å². The van der Waals surface area contributed by atoms with Crippen LogP contribution in [0.1, 0.15) is 18.9 Å². The smallest absolute Gasteiger partial charge is 0.0772 e. The molecule has 1 saturated heterocycles. The average molecular weight is 248 g/mol. The molecule has 0 aromatic heterocycles. The van der Waals surface area contributed by atoms with Gasteiger partial charge >= 0.3 is 0 Å². The third-order valence-electron chi connectivity index (χ3n) is 3.89. The summed E-state index contributed by atoms with van der Waals surface area (Å²) in [5, 5.41) is 3.24. The summed E-state index contributed by atoms with van der Waals surface area (Å²) in [4.78, 5) is 2.46. The van der Waals surface area contributed by atoms with Crippen LogP contribution in [0.3, 0.4) is 0 Å². The Morgan fingerprint density at radius 1 is 1.39 bits per heavy atom. The SMILES string of the molecule is CNCc1ccccc1N1CCC(C)C(OC)C1. The van der Waals surface area contributed by atoms with Gasteiger partial charge in [-0.15, -0.1) is 0 Å². The lowest BCUT2D eigenvalue weighted by Crippen LogP contribution is -2.44. The van der Waals surface area contributed by atoms with Gasteiger partial charge in [0, 0.05) is 32.4 Å². The first-order valence-electron chi connectivity index (χ1n) is 6.76. The number of benzene rings is 1. The molecule has 1 aromatic carbocycles. The summed E-state index contributed by atoms with van der Waals surface area (Å²) in [5.41, 5.74) is 2.71. The summed E-state index contributed by atoms with van der Waals surface area (Å²) in [6, 6.07) is 8.64. The molecule has 0 radical (unpaired) electrons. The van der Waals surface area contributed by atoms with Gasteiger partial charge in [0.2, 0.25) is 0 Å². The van der Waals surface area contributed by atoms with Crippen molar-refractivity contribution in [1.82, 2.24) is 5.32 Å². The number of hydrogen-bond acceptors (Lipinski definition) is 3. The minimum atomic E-state index is 0.349. The minimum absolute atomic E-state index is 0.349. The zero-order valence-electron chi connectivity index (χ0n) is 11.6. The Labute approximate surface area is 110 Å². The normalized spacial score (nSPS) is 24.3. The molecule has 2 atom stereocenters. The second kappa shape index (κ2) is 6.21. The van der Waals surface area contributed by atoms with E-state index in [1.165, 1.54) is 17.7 Å². The van der Waals surface area contributed by atoms with Crippen LogP contribution in [0.2, 0.25) is 0 Å². The van der Waals surface area contributed by atoms with Crippen LogP contribution in [0, 0.1) is 5.92 Å². The molecule has 0 saturated carbocycles. The van der Waals surface area contributed by atoms with E-state index >= 15 is 0 Å². The third kappa shape index (κ3) is 2.85. The van der Waals surface area contributed by atoms with Crippen LogP contribution in [0.4, 0.5) is 5.69 Å². The molecule has 0 aliphatic carbocycles. The summed E-state index contributed by atoms with van der Waals surface area (Å²) in [6.45, 7) is 5.32. The number of hydrogen-bond donors (Lipinski definition) is 1. The maximum absolute atomic E-state index is 5.60. The van der Waals surface area contributed by atoms with Gasteiger partial charge in [-0.05, 0) is 31.0 Å². The first-order chi connectivity index (χ1) is 8.76. The predicted molar refractivity (Wildman–Crippen MR) is 76.0 cm³/mol. The number of methoxy groups -OCH3 is 1. The number of anilines is 1. The molecule has 3 nitrogen and oxygen atoms in total. The topological polar surface area (TPSA) is 24.5 Å². The number of para-hydroxylation sites is 1. The van der Waals surface area contributed by atoms with E-state index in [2.05, 4.69) is 41.4 Å². The highest BCUT2D eigenvalue weighted by atomic mass is 16.5. The van der Waals surface area contributed by atoms with Gasteiger partial charge in [0.1, 0.15) is 0 Å². The molecule has 1 heterocycles. The maximum Gasteiger partial charge on any atom is 0.0772 e. The fourth-order valence-electron chi connectivity index (χ4n) is 2.72. The summed E-state index contributed by atoms with van der Waals surface area (Å²) >= 11 is 0. The molecule has 0 amide bonds. The summed E-state index contributed by atoms with van der Waals surface area (Å²) in [7, 11) is 3.82. The van der Waals surface area contributed by atoms with Crippen molar-refractivity contribution in [1.29, 1.82) is 0 Å². The lowest BCUT2D eigenvalue weighted by molar-refractivity contribution is 0.0498. The van der Waals surface area contributed by atoms with E-state index in [1.807, 2.05) is 14.2 Å². The van der Waals surface area contributed by atoms with Gasteiger partial charge in [-0.3, -0.25) is 0 Å². The Hall–Kier alpha value is -1.06. The number of nitrogens with zero attached hydrogens (tertiary/aromatic N) is 1. The molecular weight excluding hydrogens is 224 g/mol. The summed E-state index contributed by atoms with van der Waals surface area (Å²) < 4.78 is 5.60. The molecule has 0 spiro atoms. The van der Waals surface area contributed by atoms with Gasteiger partial charge in [-0.2, -0.15) is 0 Å². The highest BCUT2D eigenvalue weighted by Crippen LogP contribution is 2.27. The molecule has 0 bridgehead atoms. The molecule has 1 aromatic rings. The van der Waals surface area contributed by atoms with Gasteiger partial charge in [-0.25, -0.2) is 0 Å². The van der Waals surface area contributed by atoms with Crippen molar-refractivity contribution in [3.63, 3.8) is 0 Å². The maximum atomic E-state index is 5.60. The quantitative estimate of drug-likeness (QED) is 0.884. The van der Waals surface area contributed by atoms with Crippen molar-refractivity contribution >= 4 is 5.69 Å². The third-order valence-corrected chi connectivity index (χ3v) is 3.89. The van der Waals surface area contributed by atoms with E-state index in [-0.39, 0.29) is 0 Å². The highest BCUT2D eigenvalue weighted by Gasteiger charge is 2.26. The standard InChI is InChI=1S/C15H24N2O/c1-12-8-9-17(11-15(12)18-3)14-7-5-4-6-13(14)10-16-2/h4-7,12,15-16H,8-11H2,1-3H3.